The number of aliphatic carboxylic acids is 1. The standard InChI is InChI=1S/C29H32ClN5O5S/c30-26-17-24(8-9-27(26)40-25-10-14-34(15-11-25)19-22-5-2-12-33-18-22)35(41(38,39)20-28(36)37)13-3-6-21-4-1-7-23(16-21)29(31)32/h1-9,12,16-18,25H,10-11,13-15,19-20H2,(H3,31,32)(H,36,37)/b6-3+. The molecule has 216 valence electrons. The first-order valence-electron chi connectivity index (χ1n) is 13.0. The van der Waals surface area contributed by atoms with Gasteiger partial charge in [0.15, 0.2) is 5.75 Å². The molecule has 4 rings (SSSR count). The van der Waals surface area contributed by atoms with Crippen LogP contribution in [0, 0.1) is 5.41 Å². The number of halogens is 1. The number of anilines is 1. The number of carbonyl (C=O) groups is 1. The van der Waals surface area contributed by atoms with Gasteiger partial charge in [-0.3, -0.25) is 24.4 Å². The van der Waals surface area contributed by atoms with Gasteiger partial charge in [0, 0.05) is 37.6 Å². The highest BCUT2D eigenvalue weighted by Crippen LogP contribution is 2.33. The predicted octanol–water partition coefficient (Wildman–Crippen LogP) is 4.00. The van der Waals surface area contributed by atoms with Crippen LogP contribution in [-0.2, 0) is 21.4 Å². The van der Waals surface area contributed by atoms with Crippen molar-refractivity contribution in [1.29, 1.82) is 5.41 Å². The highest BCUT2D eigenvalue weighted by Gasteiger charge is 2.26. The van der Waals surface area contributed by atoms with E-state index < -0.39 is 21.7 Å². The molecule has 1 aliphatic heterocycles. The molecule has 2 aromatic carbocycles. The summed E-state index contributed by atoms with van der Waals surface area (Å²) < 4.78 is 33.1. The summed E-state index contributed by atoms with van der Waals surface area (Å²) in [5, 5.41) is 17.0. The third-order valence-electron chi connectivity index (χ3n) is 6.58. The van der Waals surface area contributed by atoms with Crippen LogP contribution in [0.2, 0.25) is 5.02 Å². The number of nitrogens with one attached hydrogen (secondary N) is 1. The van der Waals surface area contributed by atoms with E-state index in [0.717, 1.165) is 42.3 Å². The minimum Gasteiger partial charge on any atom is -0.489 e. The van der Waals surface area contributed by atoms with Gasteiger partial charge < -0.3 is 15.6 Å². The van der Waals surface area contributed by atoms with Gasteiger partial charge in [0.05, 0.1) is 17.3 Å². The number of ether oxygens (including phenoxy) is 1. The van der Waals surface area contributed by atoms with Gasteiger partial charge in [0.25, 0.3) is 0 Å². The summed E-state index contributed by atoms with van der Waals surface area (Å²) in [5.41, 5.74) is 8.17. The van der Waals surface area contributed by atoms with Crippen molar-refractivity contribution in [2.45, 2.75) is 25.5 Å². The number of likely N-dealkylation sites (tertiary alicyclic amines) is 1. The summed E-state index contributed by atoms with van der Waals surface area (Å²) in [4.78, 5) is 17.8. The fraction of sp³-hybridized carbons (Fsp3) is 0.276. The second-order valence-electron chi connectivity index (χ2n) is 9.69. The minimum absolute atomic E-state index is 0.0379. The van der Waals surface area contributed by atoms with Crippen molar-refractivity contribution in [3.8, 4) is 5.75 Å². The molecule has 10 nitrogen and oxygen atoms in total. The highest BCUT2D eigenvalue weighted by atomic mass is 35.5. The number of aromatic nitrogens is 1. The molecule has 4 N–H and O–H groups in total. The van der Waals surface area contributed by atoms with Crippen LogP contribution < -0.4 is 14.8 Å². The van der Waals surface area contributed by atoms with Crippen LogP contribution in [0.1, 0.15) is 29.5 Å². The lowest BCUT2D eigenvalue weighted by Crippen LogP contribution is -2.38. The Morgan fingerprint density at radius 3 is 2.63 bits per heavy atom. The number of benzene rings is 2. The summed E-state index contributed by atoms with van der Waals surface area (Å²) in [5.74, 6) is -2.19. The van der Waals surface area contributed by atoms with Crippen LogP contribution in [0.25, 0.3) is 6.08 Å². The van der Waals surface area contributed by atoms with Gasteiger partial charge in [-0.1, -0.05) is 48.0 Å². The Morgan fingerprint density at radius 1 is 1.20 bits per heavy atom. The van der Waals surface area contributed by atoms with Gasteiger partial charge in [-0.15, -0.1) is 0 Å². The fourth-order valence-electron chi connectivity index (χ4n) is 4.56. The zero-order chi connectivity index (χ0) is 29.4. The van der Waals surface area contributed by atoms with E-state index in [1.807, 2.05) is 12.3 Å². The van der Waals surface area contributed by atoms with E-state index in [9.17, 15) is 18.3 Å². The molecule has 0 saturated carbocycles. The maximum Gasteiger partial charge on any atom is 0.320 e. The SMILES string of the molecule is N=C(N)c1cccc(/C=C/CN(c2ccc(OC3CCN(Cc4cccnc4)CC3)c(Cl)c2)S(=O)(=O)CC(=O)O)c1. The summed E-state index contributed by atoms with van der Waals surface area (Å²) in [7, 11) is -4.22. The van der Waals surface area contributed by atoms with E-state index in [0.29, 0.717) is 16.9 Å². The lowest BCUT2D eigenvalue weighted by atomic mass is 10.1. The van der Waals surface area contributed by atoms with Crippen LogP contribution >= 0.6 is 11.6 Å². The zero-order valence-electron chi connectivity index (χ0n) is 22.3. The van der Waals surface area contributed by atoms with Crippen LogP contribution in [0.4, 0.5) is 5.69 Å². The van der Waals surface area contributed by atoms with Crippen molar-refractivity contribution in [3.63, 3.8) is 0 Å². The molecule has 0 radical (unpaired) electrons. The lowest BCUT2D eigenvalue weighted by Gasteiger charge is -2.32. The number of hydrogen-bond donors (Lipinski definition) is 3. The number of nitrogen functional groups attached to an aromatic ring is 1. The van der Waals surface area contributed by atoms with E-state index in [1.165, 1.54) is 6.07 Å². The molecule has 12 heteroatoms. The van der Waals surface area contributed by atoms with E-state index >= 15 is 0 Å². The predicted molar refractivity (Wildman–Crippen MR) is 160 cm³/mol. The molecule has 41 heavy (non-hydrogen) atoms. The summed E-state index contributed by atoms with van der Waals surface area (Å²) in [6.45, 7) is 2.41. The third-order valence-corrected chi connectivity index (χ3v) is 8.52. The minimum atomic E-state index is -4.22. The van der Waals surface area contributed by atoms with Crippen molar-refractivity contribution < 1.29 is 23.1 Å². The molecular weight excluding hydrogens is 566 g/mol. The Kier molecular flexibility index (Phi) is 9.98. The number of carboxylic acids is 1. The second kappa shape index (κ2) is 13.6. The van der Waals surface area contributed by atoms with Gasteiger partial charge in [-0.25, -0.2) is 8.42 Å². The van der Waals surface area contributed by atoms with Crippen molar-refractivity contribution >= 4 is 45.2 Å². The van der Waals surface area contributed by atoms with Gasteiger partial charge in [-0.05, 0) is 54.3 Å². The maximum atomic E-state index is 13.0. The molecule has 0 aliphatic carbocycles. The Balaban J connectivity index is 1.44. The van der Waals surface area contributed by atoms with Crippen molar-refractivity contribution in [2.75, 3.05) is 29.7 Å². The maximum absolute atomic E-state index is 13.0. The smallest absolute Gasteiger partial charge is 0.320 e. The van der Waals surface area contributed by atoms with Crippen molar-refractivity contribution in [3.05, 3.63) is 94.8 Å². The number of sulfonamides is 1. The van der Waals surface area contributed by atoms with E-state index in [1.54, 1.807) is 54.7 Å². The molecule has 0 amide bonds. The third kappa shape index (κ3) is 8.53. The number of piperidine rings is 1. The van der Waals surface area contributed by atoms with Crippen LogP contribution in [0.3, 0.4) is 0 Å². The van der Waals surface area contributed by atoms with Crippen LogP contribution in [-0.4, -0.2) is 66.7 Å². The molecule has 1 fully saturated rings. The normalized spacial score (nSPS) is 14.7. The van der Waals surface area contributed by atoms with Gasteiger partial charge in [0.2, 0.25) is 10.0 Å². The topological polar surface area (TPSA) is 150 Å². The molecule has 0 bridgehead atoms. The van der Waals surface area contributed by atoms with Crippen molar-refractivity contribution in [1.82, 2.24) is 9.88 Å². The molecule has 0 unspecified atom stereocenters. The first kappa shape index (κ1) is 30.0. The van der Waals surface area contributed by atoms with Gasteiger partial charge in [-0.2, -0.15) is 0 Å². The largest absolute Gasteiger partial charge is 0.489 e. The molecular formula is C29H32ClN5O5S. The first-order valence-corrected chi connectivity index (χ1v) is 15.0. The summed E-state index contributed by atoms with van der Waals surface area (Å²) in [6, 6.07) is 15.5. The van der Waals surface area contributed by atoms with Gasteiger partial charge >= 0.3 is 5.97 Å². The van der Waals surface area contributed by atoms with Gasteiger partial charge in [0.1, 0.15) is 17.7 Å². The van der Waals surface area contributed by atoms with E-state index in [2.05, 4.69) is 16.0 Å². The number of nitrogens with zero attached hydrogens (tertiary/aromatic N) is 3. The number of carboxylic acid groups (broad SMARTS) is 1. The number of rotatable bonds is 12. The average Bonchev–Trinajstić information content (AvgIpc) is 2.93. The first-order chi connectivity index (χ1) is 19.6. The lowest BCUT2D eigenvalue weighted by molar-refractivity contribution is -0.134. The Hall–Kier alpha value is -3.93. The molecule has 1 aliphatic rings. The quantitative estimate of drug-likeness (QED) is 0.209. The molecule has 2 heterocycles. The van der Waals surface area contributed by atoms with Crippen LogP contribution in [0.15, 0.2) is 73.1 Å². The summed E-state index contributed by atoms with van der Waals surface area (Å²) >= 11 is 6.53. The number of nitrogens with two attached hydrogens (primary N) is 1. The number of hydrogen-bond acceptors (Lipinski definition) is 7. The zero-order valence-corrected chi connectivity index (χ0v) is 23.9. The second-order valence-corrected chi connectivity index (χ2v) is 12.0. The van der Waals surface area contributed by atoms with E-state index in [-0.39, 0.29) is 29.2 Å². The molecule has 0 spiro atoms. The van der Waals surface area contributed by atoms with Crippen LogP contribution in [0.5, 0.6) is 5.75 Å². The average molecular weight is 598 g/mol. The van der Waals surface area contributed by atoms with Crippen molar-refractivity contribution in [2.24, 2.45) is 5.73 Å². The summed E-state index contributed by atoms with van der Waals surface area (Å²) in [6.07, 6.45) is 8.48. The Labute approximate surface area is 244 Å². The molecule has 1 aromatic heterocycles. The molecule has 0 atom stereocenters. The molecule has 3 aromatic rings. The fourth-order valence-corrected chi connectivity index (χ4v) is 6.00. The number of pyridine rings is 1. The highest BCUT2D eigenvalue weighted by molar-refractivity contribution is 7.93. The van der Waals surface area contributed by atoms with E-state index in [4.69, 9.17) is 27.5 Å². The Bertz CT molecular complexity index is 1510. The number of amidine groups is 1. The molecule has 1 saturated heterocycles. The Morgan fingerprint density at radius 2 is 1.98 bits per heavy atom. The monoisotopic (exact) mass is 597 g/mol.